The number of nitrogens with zero attached hydrogens (tertiary/aromatic N) is 2. The van der Waals surface area contributed by atoms with E-state index in [4.69, 9.17) is 5.21 Å². The van der Waals surface area contributed by atoms with Crippen molar-refractivity contribution in [2.75, 3.05) is 26.2 Å². The van der Waals surface area contributed by atoms with E-state index in [1.165, 1.54) is 12.5 Å². The fraction of sp³-hybridized carbons (Fsp3) is 0.464. The normalized spacial score (nSPS) is 18.6. The second-order valence-corrected chi connectivity index (χ2v) is 10.2. The van der Waals surface area contributed by atoms with Gasteiger partial charge < -0.3 is 10.1 Å². The number of imide groups is 1. The lowest BCUT2D eigenvalue weighted by molar-refractivity contribution is -0.137. The Kier molecular flexibility index (Phi) is 9.84. The van der Waals surface area contributed by atoms with Crippen molar-refractivity contribution < 1.29 is 37.2 Å². The average Bonchev–Trinajstić information content (AvgIpc) is 3.36. The first-order chi connectivity index (χ1) is 18.5. The zero-order valence-electron chi connectivity index (χ0n) is 22.2. The van der Waals surface area contributed by atoms with Crippen LogP contribution in [0.15, 0.2) is 30.3 Å². The molecule has 7 nitrogen and oxygen atoms in total. The first-order valence-corrected chi connectivity index (χ1v) is 12.9. The highest BCUT2D eigenvalue weighted by atomic mass is 19.2. The standard InChI is InChI=1S/C18H28N2O2.C10H5F4NO2/c1-15(2)14-18(9-11-19-22)10-13-20(17(18)21)12-8-16-6-4-3-5-7-16;1-2-15-9(16)3-4(10(15)17)6(12)8(14)7(13)5(3)11/h3-7,15,19,22H,8-14H2,1-2H3;2H2,1H3. The number of amides is 3. The number of rotatable bonds is 9. The molecule has 0 radical (unpaired) electrons. The van der Waals surface area contributed by atoms with E-state index in [-0.39, 0.29) is 17.9 Å². The minimum Gasteiger partial charge on any atom is -0.342 e. The summed E-state index contributed by atoms with van der Waals surface area (Å²) in [6.07, 6.45) is 3.42. The zero-order chi connectivity index (χ0) is 28.9. The van der Waals surface area contributed by atoms with Crippen LogP contribution >= 0.6 is 0 Å². The van der Waals surface area contributed by atoms with Crippen LogP contribution in [0.1, 0.15) is 66.3 Å². The molecule has 1 fully saturated rings. The molecule has 2 aliphatic rings. The van der Waals surface area contributed by atoms with Crippen molar-refractivity contribution in [3.05, 3.63) is 70.3 Å². The second-order valence-electron chi connectivity index (χ2n) is 10.2. The van der Waals surface area contributed by atoms with E-state index in [1.807, 2.05) is 23.1 Å². The van der Waals surface area contributed by atoms with Crippen molar-refractivity contribution in [1.82, 2.24) is 15.3 Å². The molecule has 4 rings (SSSR count). The number of benzene rings is 2. The third-order valence-corrected chi connectivity index (χ3v) is 7.13. The lowest BCUT2D eigenvalue weighted by Gasteiger charge is -2.29. The van der Waals surface area contributed by atoms with Gasteiger partial charge in [-0.2, -0.15) is 0 Å². The minimum absolute atomic E-state index is 0.144. The number of likely N-dealkylation sites (tertiary alicyclic amines) is 1. The molecule has 2 aromatic carbocycles. The van der Waals surface area contributed by atoms with Crippen molar-refractivity contribution in [3.8, 4) is 0 Å². The van der Waals surface area contributed by atoms with Gasteiger partial charge in [0.1, 0.15) is 0 Å². The molecule has 2 aromatic rings. The third-order valence-electron chi connectivity index (χ3n) is 7.13. The molecule has 0 spiro atoms. The number of nitrogens with one attached hydrogen (secondary N) is 1. The van der Waals surface area contributed by atoms with Crippen LogP contribution in [0.25, 0.3) is 0 Å². The van der Waals surface area contributed by atoms with E-state index in [0.29, 0.717) is 23.8 Å². The lowest BCUT2D eigenvalue weighted by atomic mass is 9.76. The van der Waals surface area contributed by atoms with Crippen LogP contribution in [0.4, 0.5) is 17.6 Å². The topological polar surface area (TPSA) is 89.9 Å². The number of hydrogen-bond acceptors (Lipinski definition) is 5. The summed E-state index contributed by atoms with van der Waals surface area (Å²) in [7, 11) is 0. The Bertz CT molecular complexity index is 1180. The summed E-state index contributed by atoms with van der Waals surface area (Å²) in [5, 5.41) is 8.90. The number of hydroxylamine groups is 1. The Morgan fingerprint density at radius 1 is 0.949 bits per heavy atom. The van der Waals surface area contributed by atoms with Gasteiger partial charge in [0.15, 0.2) is 23.3 Å². The van der Waals surface area contributed by atoms with Gasteiger partial charge in [0.25, 0.3) is 11.8 Å². The Morgan fingerprint density at radius 3 is 2.00 bits per heavy atom. The summed E-state index contributed by atoms with van der Waals surface area (Å²) < 4.78 is 52.4. The van der Waals surface area contributed by atoms with Crippen LogP contribution in [0.2, 0.25) is 0 Å². The Balaban J connectivity index is 0.000000223. The van der Waals surface area contributed by atoms with Crippen LogP contribution in [0.3, 0.4) is 0 Å². The highest BCUT2D eigenvalue weighted by Crippen LogP contribution is 2.41. The molecular formula is C28H33F4N3O4. The fourth-order valence-corrected chi connectivity index (χ4v) is 5.30. The van der Waals surface area contributed by atoms with E-state index in [9.17, 15) is 31.9 Å². The van der Waals surface area contributed by atoms with Gasteiger partial charge in [0.2, 0.25) is 5.91 Å². The first kappa shape index (κ1) is 30.2. The van der Waals surface area contributed by atoms with Gasteiger partial charge >= 0.3 is 0 Å². The van der Waals surface area contributed by atoms with Crippen molar-refractivity contribution in [1.29, 1.82) is 0 Å². The van der Waals surface area contributed by atoms with Crippen molar-refractivity contribution in [2.24, 2.45) is 11.3 Å². The molecule has 0 aliphatic carbocycles. The fourth-order valence-electron chi connectivity index (χ4n) is 5.30. The molecule has 2 heterocycles. The Hall–Kier alpha value is -3.31. The van der Waals surface area contributed by atoms with Gasteiger partial charge in [-0.1, -0.05) is 44.2 Å². The molecule has 1 saturated heterocycles. The number of halogens is 4. The van der Waals surface area contributed by atoms with E-state index in [1.54, 1.807) is 0 Å². The van der Waals surface area contributed by atoms with Crippen molar-refractivity contribution in [2.45, 2.75) is 46.5 Å². The summed E-state index contributed by atoms with van der Waals surface area (Å²) in [6.45, 7) is 7.67. The van der Waals surface area contributed by atoms with E-state index in [0.717, 1.165) is 32.4 Å². The second kappa shape index (κ2) is 12.7. The first-order valence-electron chi connectivity index (χ1n) is 12.9. The summed E-state index contributed by atoms with van der Waals surface area (Å²) in [4.78, 5) is 38.4. The Morgan fingerprint density at radius 2 is 1.51 bits per heavy atom. The van der Waals surface area contributed by atoms with E-state index >= 15 is 0 Å². The monoisotopic (exact) mass is 551 g/mol. The number of carbonyl (C=O) groups excluding carboxylic acids is 3. The predicted octanol–water partition coefficient (Wildman–Crippen LogP) is 4.72. The number of fused-ring (bicyclic) bond motifs is 1. The zero-order valence-corrected chi connectivity index (χ0v) is 22.2. The summed E-state index contributed by atoms with van der Waals surface area (Å²) >= 11 is 0. The molecule has 212 valence electrons. The van der Waals surface area contributed by atoms with Crippen LogP contribution in [0, 0.1) is 34.6 Å². The van der Waals surface area contributed by atoms with E-state index < -0.39 is 46.2 Å². The molecule has 1 atom stereocenters. The summed E-state index contributed by atoms with van der Waals surface area (Å²) in [6, 6.07) is 10.3. The summed E-state index contributed by atoms with van der Waals surface area (Å²) in [5.41, 5.74) is 1.10. The molecule has 0 bridgehead atoms. The maximum Gasteiger partial charge on any atom is 0.264 e. The summed E-state index contributed by atoms with van der Waals surface area (Å²) in [5.74, 6) is -9.45. The van der Waals surface area contributed by atoms with Gasteiger partial charge in [0, 0.05) is 26.2 Å². The highest BCUT2D eigenvalue weighted by molar-refractivity contribution is 6.21. The van der Waals surface area contributed by atoms with Gasteiger partial charge in [0.05, 0.1) is 16.5 Å². The van der Waals surface area contributed by atoms with Gasteiger partial charge in [-0.15, -0.1) is 0 Å². The Labute approximate surface area is 224 Å². The quantitative estimate of drug-likeness (QED) is 0.155. The molecular weight excluding hydrogens is 518 g/mol. The van der Waals surface area contributed by atoms with Crippen LogP contribution in [0.5, 0.6) is 0 Å². The van der Waals surface area contributed by atoms with Crippen LogP contribution < -0.4 is 5.48 Å². The molecule has 0 saturated carbocycles. The molecule has 39 heavy (non-hydrogen) atoms. The van der Waals surface area contributed by atoms with E-state index in [2.05, 4.69) is 31.5 Å². The van der Waals surface area contributed by atoms with Gasteiger partial charge in [-0.05, 0) is 44.1 Å². The molecule has 2 aliphatic heterocycles. The third kappa shape index (κ3) is 6.14. The average molecular weight is 552 g/mol. The number of hydrogen-bond donors (Lipinski definition) is 2. The molecule has 0 aromatic heterocycles. The predicted molar refractivity (Wildman–Crippen MR) is 135 cm³/mol. The lowest BCUT2D eigenvalue weighted by Crippen LogP contribution is -2.38. The van der Waals surface area contributed by atoms with Gasteiger partial charge in [-0.25, -0.2) is 23.0 Å². The maximum atomic E-state index is 13.3. The number of carbonyl (C=O) groups is 3. The highest BCUT2D eigenvalue weighted by Gasteiger charge is 2.46. The molecule has 3 amide bonds. The van der Waals surface area contributed by atoms with Crippen LogP contribution in [-0.2, 0) is 11.2 Å². The molecule has 11 heteroatoms. The van der Waals surface area contributed by atoms with Crippen LogP contribution in [-0.4, -0.2) is 58.9 Å². The van der Waals surface area contributed by atoms with Crippen molar-refractivity contribution in [3.63, 3.8) is 0 Å². The minimum atomic E-state index is -2.10. The smallest absolute Gasteiger partial charge is 0.264 e. The van der Waals surface area contributed by atoms with Gasteiger partial charge in [-0.3, -0.25) is 19.3 Å². The largest absolute Gasteiger partial charge is 0.342 e. The maximum absolute atomic E-state index is 13.3. The molecule has 2 N–H and O–H groups in total. The molecule has 1 unspecified atom stereocenters. The van der Waals surface area contributed by atoms with Crippen molar-refractivity contribution >= 4 is 17.7 Å². The SMILES string of the molecule is CC(C)CC1(CCNO)CCN(CCc2ccccc2)C1=O.CCN1C(=O)c2c(F)c(F)c(F)c(F)c2C1=O.